The van der Waals surface area contributed by atoms with Crippen LogP contribution < -0.4 is 4.74 Å². The minimum Gasteiger partial charge on any atom is -0.497 e. The van der Waals surface area contributed by atoms with E-state index >= 15 is 0 Å². The summed E-state index contributed by atoms with van der Waals surface area (Å²) in [6.45, 7) is 0. The molecule has 0 fully saturated rings. The number of fused-ring (bicyclic) bond motifs is 3. The summed E-state index contributed by atoms with van der Waals surface area (Å²) in [5.41, 5.74) is 7.54. The second-order valence-corrected chi connectivity index (χ2v) is 8.20. The van der Waals surface area contributed by atoms with Gasteiger partial charge < -0.3 is 9.72 Å². The third-order valence-electron chi connectivity index (χ3n) is 6.32. The molecule has 4 heteroatoms. The maximum absolute atomic E-state index is 14.7. The van der Waals surface area contributed by atoms with Gasteiger partial charge in [0.1, 0.15) is 5.75 Å². The molecule has 0 saturated carbocycles. The van der Waals surface area contributed by atoms with E-state index < -0.39 is 5.95 Å². The molecule has 2 heterocycles. The molecule has 34 heavy (non-hydrogen) atoms. The fourth-order valence-corrected chi connectivity index (χ4v) is 4.75. The Kier molecular flexibility index (Phi) is 4.84. The molecule has 0 amide bonds. The summed E-state index contributed by atoms with van der Waals surface area (Å²) in [5.74, 6) is 0.340. The van der Waals surface area contributed by atoms with Crippen molar-refractivity contribution in [1.82, 2.24) is 9.97 Å². The lowest BCUT2D eigenvalue weighted by Gasteiger charge is -2.15. The van der Waals surface area contributed by atoms with E-state index in [4.69, 9.17) is 4.74 Å². The van der Waals surface area contributed by atoms with Crippen molar-refractivity contribution in [1.29, 1.82) is 0 Å². The zero-order valence-electron chi connectivity index (χ0n) is 18.5. The van der Waals surface area contributed by atoms with Gasteiger partial charge in [0.2, 0.25) is 5.95 Å². The summed E-state index contributed by atoms with van der Waals surface area (Å²) in [7, 11) is 1.67. The maximum atomic E-state index is 14.7. The van der Waals surface area contributed by atoms with Gasteiger partial charge in [0, 0.05) is 34.2 Å². The van der Waals surface area contributed by atoms with Crippen molar-refractivity contribution in [2.75, 3.05) is 7.11 Å². The quantitative estimate of drug-likeness (QED) is 0.281. The number of nitrogens with one attached hydrogen (secondary N) is 1. The largest absolute Gasteiger partial charge is 0.497 e. The number of para-hydroxylation sites is 1. The molecule has 0 radical (unpaired) electrons. The molecule has 4 aromatic carbocycles. The second kappa shape index (κ2) is 8.16. The average Bonchev–Trinajstić information content (AvgIpc) is 3.27. The third-order valence-corrected chi connectivity index (χ3v) is 6.32. The summed E-state index contributed by atoms with van der Waals surface area (Å²) >= 11 is 0. The number of aromatic nitrogens is 2. The van der Waals surface area contributed by atoms with E-state index in [9.17, 15) is 4.39 Å². The van der Waals surface area contributed by atoms with Gasteiger partial charge in [0.15, 0.2) is 0 Å². The molecule has 0 aliphatic carbocycles. The first-order valence-electron chi connectivity index (χ1n) is 11.1. The smallest absolute Gasteiger partial charge is 0.220 e. The molecule has 0 spiro atoms. The molecule has 6 aromatic rings. The highest BCUT2D eigenvalue weighted by molar-refractivity contribution is 6.13. The number of hydrogen-bond acceptors (Lipinski definition) is 2. The minimum absolute atomic E-state index is 0.473. The predicted molar refractivity (Wildman–Crippen MR) is 136 cm³/mol. The third kappa shape index (κ3) is 3.23. The molecule has 164 valence electrons. The fraction of sp³-hybridized carbons (Fsp3) is 0.0333. The van der Waals surface area contributed by atoms with Crippen molar-refractivity contribution in [3.05, 3.63) is 109 Å². The molecule has 2 aromatic heterocycles. The highest BCUT2D eigenvalue weighted by Crippen LogP contribution is 2.41. The lowest BCUT2D eigenvalue weighted by atomic mass is 9.89. The first-order valence-corrected chi connectivity index (χ1v) is 11.1. The fourth-order valence-electron chi connectivity index (χ4n) is 4.75. The van der Waals surface area contributed by atoms with Crippen LogP contribution in [0.1, 0.15) is 0 Å². The number of H-pyrrole nitrogens is 1. The summed E-state index contributed by atoms with van der Waals surface area (Å²) in [4.78, 5) is 7.47. The second-order valence-electron chi connectivity index (χ2n) is 8.20. The standard InChI is InChI=1S/C30H21FN2O/c1-34-19-15-16-24-26-13-6-12-25(29(26)33-28(24)18-19)22-10-4-2-8-20(22)21-9-3-5-11-23(21)27-14-7-17-32-30(27)31/h2-18,33H,1H3. The van der Waals surface area contributed by atoms with Crippen LogP contribution in [0, 0.1) is 5.95 Å². The van der Waals surface area contributed by atoms with Crippen molar-refractivity contribution in [3.8, 4) is 39.1 Å². The van der Waals surface area contributed by atoms with Crippen LogP contribution in [0.25, 0.3) is 55.2 Å². The van der Waals surface area contributed by atoms with E-state index in [0.717, 1.165) is 55.4 Å². The summed E-state index contributed by atoms with van der Waals surface area (Å²) in [5, 5.41) is 2.30. The number of methoxy groups -OCH3 is 1. The predicted octanol–water partition coefficient (Wildman–Crippen LogP) is 7.86. The summed E-state index contributed by atoms with van der Waals surface area (Å²) in [6.07, 6.45) is 1.47. The number of benzene rings is 4. The van der Waals surface area contributed by atoms with E-state index in [1.165, 1.54) is 6.20 Å². The monoisotopic (exact) mass is 444 g/mol. The Morgan fingerprint density at radius 3 is 1.94 bits per heavy atom. The Morgan fingerprint density at radius 1 is 0.647 bits per heavy atom. The van der Waals surface area contributed by atoms with E-state index in [1.807, 2.05) is 48.5 Å². The van der Waals surface area contributed by atoms with Crippen LogP contribution in [-0.4, -0.2) is 17.1 Å². The molecule has 0 bridgehead atoms. The number of ether oxygens (including phenoxy) is 1. The van der Waals surface area contributed by atoms with Crippen LogP contribution in [0.4, 0.5) is 4.39 Å². The highest BCUT2D eigenvalue weighted by atomic mass is 19.1. The number of pyridine rings is 1. The normalized spacial score (nSPS) is 11.2. The molecule has 1 N–H and O–H groups in total. The van der Waals surface area contributed by atoms with Gasteiger partial charge >= 0.3 is 0 Å². The van der Waals surface area contributed by atoms with Crippen molar-refractivity contribution in [2.24, 2.45) is 0 Å². The summed E-state index contributed by atoms with van der Waals surface area (Å²) < 4.78 is 20.1. The van der Waals surface area contributed by atoms with E-state index in [0.29, 0.717) is 5.56 Å². The molecular formula is C30H21FN2O. The van der Waals surface area contributed by atoms with Crippen LogP contribution >= 0.6 is 0 Å². The Labute approximate surface area is 196 Å². The average molecular weight is 445 g/mol. The topological polar surface area (TPSA) is 37.9 Å². The van der Waals surface area contributed by atoms with Gasteiger partial charge in [-0.1, -0.05) is 66.7 Å². The zero-order valence-corrected chi connectivity index (χ0v) is 18.5. The Balaban J connectivity index is 1.61. The lowest BCUT2D eigenvalue weighted by Crippen LogP contribution is -1.93. The molecule has 0 aliphatic heterocycles. The Bertz CT molecular complexity index is 1670. The van der Waals surface area contributed by atoms with Gasteiger partial charge in [0.25, 0.3) is 0 Å². The van der Waals surface area contributed by atoms with Crippen LogP contribution in [-0.2, 0) is 0 Å². The van der Waals surface area contributed by atoms with E-state index in [1.54, 1.807) is 19.2 Å². The molecule has 0 unspecified atom stereocenters. The maximum Gasteiger partial charge on any atom is 0.220 e. The van der Waals surface area contributed by atoms with Crippen LogP contribution in [0.3, 0.4) is 0 Å². The van der Waals surface area contributed by atoms with Crippen molar-refractivity contribution >= 4 is 21.8 Å². The lowest BCUT2D eigenvalue weighted by molar-refractivity contribution is 0.415. The Hall–Kier alpha value is -4.44. The van der Waals surface area contributed by atoms with Crippen LogP contribution in [0.15, 0.2) is 103 Å². The number of aromatic amines is 1. The van der Waals surface area contributed by atoms with Crippen molar-refractivity contribution in [2.45, 2.75) is 0 Å². The molecule has 3 nitrogen and oxygen atoms in total. The zero-order chi connectivity index (χ0) is 23.1. The Morgan fingerprint density at radius 2 is 1.26 bits per heavy atom. The number of rotatable bonds is 4. The SMILES string of the molecule is COc1ccc2c(c1)[nH]c1c(-c3ccccc3-c3ccccc3-c3cccnc3F)cccc12. The minimum atomic E-state index is -0.473. The molecular weight excluding hydrogens is 423 g/mol. The number of hydrogen-bond donors (Lipinski definition) is 1. The van der Waals surface area contributed by atoms with Crippen LogP contribution in [0.2, 0.25) is 0 Å². The van der Waals surface area contributed by atoms with Gasteiger partial charge in [-0.25, -0.2) is 4.98 Å². The van der Waals surface area contributed by atoms with Crippen molar-refractivity contribution in [3.63, 3.8) is 0 Å². The van der Waals surface area contributed by atoms with E-state index in [2.05, 4.69) is 46.4 Å². The van der Waals surface area contributed by atoms with Gasteiger partial charge in [0.05, 0.1) is 18.1 Å². The van der Waals surface area contributed by atoms with Crippen molar-refractivity contribution < 1.29 is 9.13 Å². The van der Waals surface area contributed by atoms with E-state index in [-0.39, 0.29) is 0 Å². The first kappa shape index (κ1) is 20.2. The number of halogens is 1. The highest BCUT2D eigenvalue weighted by Gasteiger charge is 2.17. The first-order chi connectivity index (χ1) is 16.7. The molecule has 0 saturated heterocycles. The van der Waals surface area contributed by atoms with Gasteiger partial charge in [-0.15, -0.1) is 0 Å². The number of nitrogens with zero attached hydrogens (tertiary/aromatic N) is 1. The molecule has 0 atom stereocenters. The summed E-state index contributed by atoms with van der Waals surface area (Å²) in [6, 6.07) is 32.1. The molecule has 6 rings (SSSR count). The van der Waals surface area contributed by atoms with Crippen LogP contribution in [0.5, 0.6) is 5.75 Å². The van der Waals surface area contributed by atoms with Gasteiger partial charge in [-0.2, -0.15) is 4.39 Å². The van der Waals surface area contributed by atoms with Gasteiger partial charge in [-0.05, 0) is 46.5 Å². The molecule has 0 aliphatic rings. The van der Waals surface area contributed by atoms with Gasteiger partial charge in [-0.3, -0.25) is 0 Å².